The molecule has 0 atom stereocenters. The molecule has 86 valence electrons. The van der Waals surface area contributed by atoms with Crippen LogP contribution in [0.3, 0.4) is 0 Å². The Hall–Kier alpha value is -0.270. The quantitative estimate of drug-likeness (QED) is 0.655. The van der Waals surface area contributed by atoms with E-state index in [9.17, 15) is 13.2 Å². The Morgan fingerprint density at radius 2 is 1.88 bits per heavy atom. The van der Waals surface area contributed by atoms with Gasteiger partial charge in [-0.2, -0.15) is 0 Å². The first-order valence-electron chi connectivity index (χ1n) is 4.01. The molecular weight excluding hydrogens is 373 g/mol. The predicted octanol–water partition coefficient (Wildman–Crippen LogP) is 5.32. The lowest BCUT2D eigenvalue weighted by Crippen LogP contribution is -2.17. The molecule has 0 aliphatic rings. The summed E-state index contributed by atoms with van der Waals surface area (Å²) >= 11 is 7.54. The zero-order valence-electron chi connectivity index (χ0n) is 7.44. The highest BCUT2D eigenvalue weighted by molar-refractivity contribution is 9.11. The van der Waals surface area contributed by atoms with E-state index in [1.54, 1.807) is 18.2 Å². The lowest BCUT2D eigenvalue weighted by molar-refractivity contribution is -0.274. The Kier molecular flexibility index (Phi) is 3.20. The number of thiophene rings is 1. The molecule has 0 aliphatic heterocycles. The van der Waals surface area contributed by atoms with Gasteiger partial charge in [0, 0.05) is 9.86 Å². The van der Waals surface area contributed by atoms with Gasteiger partial charge in [0.15, 0.2) is 5.75 Å². The van der Waals surface area contributed by atoms with Crippen LogP contribution in [0.5, 0.6) is 5.75 Å². The number of alkyl halides is 3. The van der Waals surface area contributed by atoms with Gasteiger partial charge in [-0.15, -0.1) is 24.5 Å². The molecule has 2 aromatic rings. The van der Waals surface area contributed by atoms with Gasteiger partial charge in [0.2, 0.25) is 0 Å². The SMILES string of the molecule is FC(F)(F)Oc1c(Br)sc2c(Br)cccc12. The van der Waals surface area contributed by atoms with Gasteiger partial charge in [-0.05, 0) is 44.0 Å². The lowest BCUT2D eigenvalue weighted by atomic mass is 10.2. The molecule has 0 aliphatic carbocycles. The van der Waals surface area contributed by atoms with Crippen molar-refractivity contribution < 1.29 is 17.9 Å². The van der Waals surface area contributed by atoms with E-state index in [1.807, 2.05) is 0 Å². The molecule has 2 rings (SSSR count). The van der Waals surface area contributed by atoms with Crippen LogP contribution in [0.15, 0.2) is 26.5 Å². The molecular formula is C9H3Br2F3OS. The largest absolute Gasteiger partial charge is 0.573 e. The van der Waals surface area contributed by atoms with Crippen LogP contribution in [0.4, 0.5) is 13.2 Å². The number of halogens is 5. The van der Waals surface area contributed by atoms with E-state index in [4.69, 9.17) is 0 Å². The van der Waals surface area contributed by atoms with Crippen molar-refractivity contribution in [1.29, 1.82) is 0 Å². The summed E-state index contributed by atoms with van der Waals surface area (Å²) in [6.07, 6.45) is -4.68. The zero-order valence-corrected chi connectivity index (χ0v) is 11.4. The first-order valence-corrected chi connectivity index (χ1v) is 6.41. The Morgan fingerprint density at radius 3 is 2.50 bits per heavy atom. The Labute approximate surface area is 109 Å². The van der Waals surface area contributed by atoms with E-state index in [2.05, 4.69) is 36.6 Å². The van der Waals surface area contributed by atoms with Crippen LogP contribution in [0, 0.1) is 0 Å². The number of fused-ring (bicyclic) bond motifs is 1. The zero-order chi connectivity index (χ0) is 11.9. The fourth-order valence-electron chi connectivity index (χ4n) is 1.24. The van der Waals surface area contributed by atoms with Crippen molar-refractivity contribution in [1.82, 2.24) is 0 Å². The van der Waals surface area contributed by atoms with Crippen LogP contribution in [0.1, 0.15) is 0 Å². The molecule has 0 amide bonds. The summed E-state index contributed by atoms with van der Waals surface area (Å²) in [6.45, 7) is 0. The van der Waals surface area contributed by atoms with E-state index in [0.29, 0.717) is 13.9 Å². The van der Waals surface area contributed by atoms with E-state index in [-0.39, 0.29) is 5.75 Å². The molecule has 1 aromatic heterocycles. The molecule has 0 bridgehead atoms. The van der Waals surface area contributed by atoms with Crippen LogP contribution < -0.4 is 4.74 Å². The first kappa shape index (κ1) is 12.2. The Morgan fingerprint density at radius 1 is 1.19 bits per heavy atom. The van der Waals surface area contributed by atoms with Crippen molar-refractivity contribution in [3.63, 3.8) is 0 Å². The second-order valence-corrected chi connectivity index (χ2v) is 6.06. The van der Waals surface area contributed by atoms with Gasteiger partial charge in [0.25, 0.3) is 0 Å². The maximum absolute atomic E-state index is 12.2. The lowest BCUT2D eigenvalue weighted by Gasteiger charge is -2.08. The topological polar surface area (TPSA) is 9.23 Å². The number of rotatable bonds is 1. The molecule has 0 fully saturated rings. The molecule has 16 heavy (non-hydrogen) atoms. The third-order valence-corrected chi connectivity index (χ3v) is 4.58. The van der Waals surface area contributed by atoms with Crippen molar-refractivity contribution >= 4 is 53.3 Å². The molecule has 1 aromatic carbocycles. The maximum Gasteiger partial charge on any atom is 0.573 e. The van der Waals surface area contributed by atoms with E-state index >= 15 is 0 Å². The van der Waals surface area contributed by atoms with Gasteiger partial charge < -0.3 is 4.74 Å². The number of benzene rings is 1. The molecule has 1 heterocycles. The third-order valence-electron chi connectivity index (χ3n) is 1.80. The second kappa shape index (κ2) is 4.19. The summed E-state index contributed by atoms with van der Waals surface area (Å²) in [6, 6.07) is 5.01. The summed E-state index contributed by atoms with van der Waals surface area (Å²) in [5.41, 5.74) is 0. The Bertz CT molecular complexity index is 535. The highest BCUT2D eigenvalue weighted by Gasteiger charge is 2.33. The summed E-state index contributed by atoms with van der Waals surface area (Å²) < 4.78 is 42.3. The van der Waals surface area contributed by atoms with Crippen molar-refractivity contribution in [2.24, 2.45) is 0 Å². The van der Waals surface area contributed by atoms with Gasteiger partial charge in [-0.1, -0.05) is 6.07 Å². The first-order chi connectivity index (χ1) is 7.38. The maximum atomic E-state index is 12.2. The standard InChI is InChI=1S/C9H3Br2F3OS/c10-5-3-1-2-4-6(15-9(12,13)14)8(11)16-7(4)5/h1-3H. The monoisotopic (exact) mass is 374 g/mol. The highest BCUT2D eigenvalue weighted by atomic mass is 79.9. The molecule has 0 saturated carbocycles. The molecule has 7 heteroatoms. The fraction of sp³-hybridized carbons (Fsp3) is 0.111. The second-order valence-electron chi connectivity index (χ2n) is 2.87. The Balaban J connectivity index is 2.61. The van der Waals surface area contributed by atoms with Gasteiger partial charge >= 0.3 is 6.36 Å². The summed E-state index contributed by atoms with van der Waals surface area (Å²) in [5.74, 6) is -0.186. The molecule has 0 unspecified atom stereocenters. The van der Waals surface area contributed by atoms with E-state index < -0.39 is 6.36 Å². The van der Waals surface area contributed by atoms with E-state index in [1.165, 1.54) is 11.3 Å². The smallest absolute Gasteiger partial charge is 0.403 e. The van der Waals surface area contributed by atoms with E-state index in [0.717, 1.165) is 4.47 Å². The highest BCUT2D eigenvalue weighted by Crippen LogP contribution is 2.46. The minimum Gasteiger partial charge on any atom is -0.403 e. The van der Waals surface area contributed by atoms with Crippen LogP contribution in [0.25, 0.3) is 10.1 Å². The third kappa shape index (κ3) is 2.36. The number of hydrogen-bond acceptors (Lipinski definition) is 2. The van der Waals surface area contributed by atoms with Crippen LogP contribution in [0.2, 0.25) is 0 Å². The molecule has 0 spiro atoms. The average Bonchev–Trinajstić information content (AvgIpc) is 2.44. The minimum absolute atomic E-state index is 0.186. The molecule has 0 radical (unpaired) electrons. The van der Waals surface area contributed by atoms with Crippen LogP contribution in [-0.2, 0) is 0 Å². The summed E-state index contributed by atoms with van der Waals surface area (Å²) in [4.78, 5) is 0. The average molecular weight is 376 g/mol. The summed E-state index contributed by atoms with van der Waals surface area (Å²) in [5, 5.41) is 0.434. The van der Waals surface area contributed by atoms with Gasteiger partial charge in [0.1, 0.15) is 3.79 Å². The fourth-order valence-corrected chi connectivity index (χ4v) is 3.49. The predicted molar refractivity (Wildman–Crippen MR) is 63.9 cm³/mol. The van der Waals surface area contributed by atoms with Crippen LogP contribution in [-0.4, -0.2) is 6.36 Å². The molecule has 1 nitrogen and oxygen atoms in total. The minimum atomic E-state index is -4.68. The number of ether oxygens (including phenoxy) is 1. The normalized spacial score (nSPS) is 12.1. The van der Waals surface area contributed by atoms with Crippen molar-refractivity contribution in [2.75, 3.05) is 0 Å². The van der Waals surface area contributed by atoms with Gasteiger partial charge in [-0.3, -0.25) is 0 Å². The summed E-state index contributed by atoms with van der Waals surface area (Å²) in [7, 11) is 0. The molecule has 0 saturated heterocycles. The molecule has 0 N–H and O–H groups in total. The van der Waals surface area contributed by atoms with Crippen molar-refractivity contribution in [2.45, 2.75) is 6.36 Å². The number of hydrogen-bond donors (Lipinski definition) is 0. The van der Waals surface area contributed by atoms with Crippen LogP contribution >= 0.6 is 43.2 Å². The van der Waals surface area contributed by atoms with Crippen molar-refractivity contribution in [3.05, 3.63) is 26.5 Å². The van der Waals surface area contributed by atoms with Gasteiger partial charge in [-0.25, -0.2) is 0 Å². The van der Waals surface area contributed by atoms with Gasteiger partial charge in [0.05, 0.1) is 4.70 Å². The van der Waals surface area contributed by atoms with Crippen molar-refractivity contribution in [3.8, 4) is 5.75 Å².